The van der Waals surface area contributed by atoms with Crippen molar-refractivity contribution in [2.75, 3.05) is 0 Å². The third-order valence-corrected chi connectivity index (χ3v) is 3.20. The van der Waals surface area contributed by atoms with Gasteiger partial charge in [-0.3, -0.25) is 0 Å². The van der Waals surface area contributed by atoms with E-state index >= 15 is 0 Å². The van der Waals surface area contributed by atoms with Crippen LogP contribution in [-0.2, 0) is 5.41 Å². The highest BCUT2D eigenvalue weighted by Gasteiger charge is 2.27. The van der Waals surface area contributed by atoms with Crippen LogP contribution in [0.3, 0.4) is 0 Å². The summed E-state index contributed by atoms with van der Waals surface area (Å²) in [5.74, 6) is 5.98. The van der Waals surface area contributed by atoms with E-state index in [9.17, 15) is 0 Å². The van der Waals surface area contributed by atoms with E-state index in [4.69, 9.17) is 5.73 Å². The van der Waals surface area contributed by atoms with Crippen LogP contribution in [0.2, 0.25) is 0 Å². The quantitative estimate of drug-likeness (QED) is 0.767. The van der Waals surface area contributed by atoms with Crippen LogP contribution >= 0.6 is 0 Å². The fourth-order valence-electron chi connectivity index (χ4n) is 1.80. The average molecular weight is 215 g/mol. The van der Waals surface area contributed by atoms with E-state index in [0.29, 0.717) is 0 Å². The molecule has 0 bridgehead atoms. The van der Waals surface area contributed by atoms with Crippen molar-refractivity contribution in [3.63, 3.8) is 0 Å². The molecule has 1 unspecified atom stereocenters. The van der Waals surface area contributed by atoms with E-state index in [1.807, 2.05) is 13.0 Å². The smallest absolute Gasteiger partial charge is 0.0140 e. The average Bonchev–Trinajstić information content (AvgIpc) is 2.30. The van der Waals surface area contributed by atoms with Crippen LogP contribution in [0.4, 0.5) is 0 Å². The molecule has 0 amide bonds. The highest BCUT2D eigenvalue weighted by molar-refractivity contribution is 5.25. The first-order valence-corrected chi connectivity index (χ1v) is 5.79. The van der Waals surface area contributed by atoms with Gasteiger partial charge >= 0.3 is 0 Å². The van der Waals surface area contributed by atoms with Crippen molar-refractivity contribution in [3.05, 3.63) is 35.9 Å². The molecule has 0 heterocycles. The summed E-state index contributed by atoms with van der Waals surface area (Å²) < 4.78 is 0. The molecule has 1 atom stereocenters. The Kier molecular flexibility index (Phi) is 4.58. The molecule has 0 radical (unpaired) electrons. The monoisotopic (exact) mass is 215 g/mol. The van der Waals surface area contributed by atoms with Gasteiger partial charge < -0.3 is 5.73 Å². The van der Waals surface area contributed by atoms with E-state index in [0.717, 1.165) is 12.8 Å². The minimum absolute atomic E-state index is 0.0106. The first-order valence-electron chi connectivity index (χ1n) is 5.79. The Labute approximate surface area is 99.1 Å². The summed E-state index contributed by atoms with van der Waals surface area (Å²) in [4.78, 5) is 0. The van der Waals surface area contributed by atoms with Gasteiger partial charge in [-0.05, 0) is 18.9 Å². The molecular formula is C15H21N. The summed E-state index contributed by atoms with van der Waals surface area (Å²) in [7, 11) is 0. The lowest BCUT2D eigenvalue weighted by molar-refractivity contribution is 0.392. The van der Waals surface area contributed by atoms with Crippen molar-refractivity contribution in [2.45, 2.75) is 45.1 Å². The molecule has 1 nitrogen and oxygen atoms in total. The third kappa shape index (κ3) is 3.12. The highest BCUT2D eigenvalue weighted by Crippen LogP contribution is 2.27. The van der Waals surface area contributed by atoms with Crippen molar-refractivity contribution in [2.24, 2.45) is 5.73 Å². The third-order valence-electron chi connectivity index (χ3n) is 3.20. The van der Waals surface area contributed by atoms with Gasteiger partial charge in [0.15, 0.2) is 0 Å². The molecule has 0 aromatic heterocycles. The van der Waals surface area contributed by atoms with Crippen molar-refractivity contribution in [1.29, 1.82) is 0 Å². The SMILES string of the molecule is CC#CCCC(N)C(C)(C)c1ccccc1. The van der Waals surface area contributed by atoms with Crippen molar-refractivity contribution in [3.8, 4) is 11.8 Å². The normalized spacial score (nSPS) is 12.8. The molecule has 86 valence electrons. The van der Waals surface area contributed by atoms with E-state index in [1.54, 1.807) is 0 Å². The lowest BCUT2D eigenvalue weighted by atomic mass is 9.76. The Morgan fingerprint density at radius 2 is 1.88 bits per heavy atom. The second-order valence-corrected chi connectivity index (χ2v) is 4.66. The number of hydrogen-bond donors (Lipinski definition) is 1. The molecule has 0 aliphatic carbocycles. The number of nitrogens with two attached hydrogens (primary N) is 1. The first kappa shape index (κ1) is 12.8. The molecule has 1 aromatic carbocycles. The summed E-state index contributed by atoms with van der Waals surface area (Å²) in [5.41, 5.74) is 7.57. The summed E-state index contributed by atoms with van der Waals surface area (Å²) in [6, 6.07) is 10.6. The molecule has 16 heavy (non-hydrogen) atoms. The molecule has 1 aromatic rings. The lowest BCUT2D eigenvalue weighted by Crippen LogP contribution is -2.40. The molecule has 0 aliphatic rings. The Bertz CT molecular complexity index is 367. The van der Waals surface area contributed by atoms with Crippen molar-refractivity contribution in [1.82, 2.24) is 0 Å². The number of hydrogen-bond acceptors (Lipinski definition) is 1. The Hall–Kier alpha value is -1.26. The van der Waals surface area contributed by atoms with E-state index in [-0.39, 0.29) is 11.5 Å². The van der Waals surface area contributed by atoms with Crippen LogP contribution in [0.1, 0.15) is 39.2 Å². The van der Waals surface area contributed by atoms with Gasteiger partial charge in [0, 0.05) is 17.9 Å². The van der Waals surface area contributed by atoms with Gasteiger partial charge in [-0.25, -0.2) is 0 Å². The molecule has 0 spiro atoms. The first-order chi connectivity index (χ1) is 7.59. The number of rotatable bonds is 4. The molecule has 0 fully saturated rings. The highest BCUT2D eigenvalue weighted by atomic mass is 14.7. The fraction of sp³-hybridized carbons (Fsp3) is 0.467. The summed E-state index contributed by atoms with van der Waals surface area (Å²) in [5, 5.41) is 0. The Balaban J connectivity index is 2.72. The zero-order valence-electron chi connectivity index (χ0n) is 10.5. The van der Waals surface area contributed by atoms with Crippen LogP contribution < -0.4 is 5.73 Å². The minimum Gasteiger partial charge on any atom is -0.327 e. The van der Waals surface area contributed by atoms with Crippen molar-refractivity contribution < 1.29 is 0 Å². The van der Waals surface area contributed by atoms with Crippen molar-refractivity contribution >= 4 is 0 Å². The zero-order chi connectivity index (χ0) is 12.0. The van der Waals surface area contributed by atoms with Gasteiger partial charge in [0.25, 0.3) is 0 Å². The summed E-state index contributed by atoms with van der Waals surface area (Å²) >= 11 is 0. The second-order valence-electron chi connectivity index (χ2n) is 4.66. The maximum Gasteiger partial charge on any atom is 0.0140 e. The molecule has 1 rings (SSSR count). The molecule has 1 heteroatoms. The largest absolute Gasteiger partial charge is 0.327 e. The predicted molar refractivity (Wildman–Crippen MR) is 70.1 cm³/mol. The van der Waals surface area contributed by atoms with Gasteiger partial charge in [0.2, 0.25) is 0 Å². The van der Waals surface area contributed by atoms with E-state index in [2.05, 4.69) is 50.0 Å². The maximum atomic E-state index is 6.26. The zero-order valence-corrected chi connectivity index (χ0v) is 10.5. The van der Waals surface area contributed by atoms with Gasteiger partial charge in [0.05, 0.1) is 0 Å². The second kappa shape index (κ2) is 5.72. The Morgan fingerprint density at radius 1 is 1.25 bits per heavy atom. The van der Waals surface area contributed by atoms with Crippen LogP contribution in [0.5, 0.6) is 0 Å². The fourth-order valence-corrected chi connectivity index (χ4v) is 1.80. The molecule has 0 aliphatic heterocycles. The van der Waals surface area contributed by atoms with Crippen LogP contribution in [0, 0.1) is 11.8 Å². The Morgan fingerprint density at radius 3 is 2.44 bits per heavy atom. The summed E-state index contributed by atoms with van der Waals surface area (Å²) in [6.45, 7) is 6.27. The number of benzene rings is 1. The van der Waals surface area contributed by atoms with E-state index in [1.165, 1.54) is 5.56 Å². The lowest BCUT2D eigenvalue weighted by Gasteiger charge is -2.32. The maximum absolute atomic E-state index is 6.26. The van der Waals surface area contributed by atoms with Gasteiger partial charge in [-0.1, -0.05) is 44.2 Å². The van der Waals surface area contributed by atoms with E-state index < -0.39 is 0 Å². The van der Waals surface area contributed by atoms with Gasteiger partial charge in [-0.15, -0.1) is 11.8 Å². The van der Waals surface area contributed by atoms with Gasteiger partial charge in [0.1, 0.15) is 0 Å². The van der Waals surface area contributed by atoms with Gasteiger partial charge in [-0.2, -0.15) is 0 Å². The topological polar surface area (TPSA) is 26.0 Å². The van der Waals surface area contributed by atoms with Crippen LogP contribution in [-0.4, -0.2) is 6.04 Å². The molecular weight excluding hydrogens is 194 g/mol. The minimum atomic E-state index is 0.0106. The van der Waals surface area contributed by atoms with Crippen LogP contribution in [0.25, 0.3) is 0 Å². The molecule has 0 saturated heterocycles. The summed E-state index contributed by atoms with van der Waals surface area (Å²) in [6.07, 6.45) is 1.83. The molecule has 2 N–H and O–H groups in total. The standard InChI is InChI=1S/C15H21N/c1-4-5-7-12-14(16)15(2,3)13-10-8-6-9-11-13/h6,8-11,14H,7,12,16H2,1-3H3. The molecule has 0 saturated carbocycles. The predicted octanol–water partition coefficient (Wildman–Crippen LogP) is 3.10. The van der Waals surface area contributed by atoms with Crippen LogP contribution in [0.15, 0.2) is 30.3 Å².